The van der Waals surface area contributed by atoms with Crippen LogP contribution in [0.1, 0.15) is 71.6 Å². The highest BCUT2D eigenvalue weighted by Crippen LogP contribution is 2.69. The average molecular weight is 428 g/mol. The van der Waals surface area contributed by atoms with Crippen LogP contribution >= 0.6 is 0 Å². The van der Waals surface area contributed by atoms with Gasteiger partial charge in [-0.05, 0) is 92.4 Å². The third kappa shape index (κ3) is 2.96. The van der Waals surface area contributed by atoms with Crippen molar-refractivity contribution in [1.82, 2.24) is 0 Å². The molecule has 0 radical (unpaired) electrons. The van der Waals surface area contributed by atoms with E-state index in [0.29, 0.717) is 30.3 Å². The van der Waals surface area contributed by atoms with Gasteiger partial charge in [-0.1, -0.05) is 13.8 Å². The minimum atomic E-state index is -0.644. The second kappa shape index (κ2) is 7.16. The maximum absolute atomic E-state index is 12.3. The van der Waals surface area contributed by atoms with Gasteiger partial charge in [0.2, 0.25) is 5.96 Å². The largest absolute Gasteiger partial charge is 0.458 e. The molecule has 0 bridgehead atoms. The Morgan fingerprint density at radius 2 is 1.97 bits per heavy atom. The van der Waals surface area contributed by atoms with Crippen LogP contribution in [0.2, 0.25) is 0 Å². The number of hydrogen-bond donors (Lipinski definition) is 2. The fourth-order valence-corrected chi connectivity index (χ4v) is 8.53. The quantitative estimate of drug-likeness (QED) is 0.379. The molecular weight excluding hydrogens is 390 g/mol. The Balaban J connectivity index is 1.41. The van der Waals surface area contributed by atoms with Gasteiger partial charge in [0, 0.05) is 24.3 Å². The summed E-state index contributed by atoms with van der Waals surface area (Å²) in [6, 6.07) is 0. The van der Waals surface area contributed by atoms with E-state index in [9.17, 15) is 9.90 Å². The van der Waals surface area contributed by atoms with Crippen molar-refractivity contribution in [3.63, 3.8) is 0 Å². The van der Waals surface area contributed by atoms with Gasteiger partial charge in [0.25, 0.3) is 0 Å². The molecule has 6 nitrogen and oxygen atoms in total. The normalized spacial score (nSPS) is 48.6. The highest BCUT2D eigenvalue weighted by molar-refractivity contribution is 5.97. The fraction of sp³-hybridized carbons (Fsp3) is 0.800. The number of carbonyl (C=O) groups excluding carboxylic acids is 1. The molecule has 7 atom stereocenters. The van der Waals surface area contributed by atoms with Gasteiger partial charge in [0.1, 0.15) is 6.61 Å². The number of carbonyl (C=O) groups is 1. The van der Waals surface area contributed by atoms with Crippen LogP contribution in [0.4, 0.5) is 0 Å². The lowest BCUT2D eigenvalue weighted by molar-refractivity contribution is -0.200. The first-order valence-electron chi connectivity index (χ1n) is 12.1. The van der Waals surface area contributed by atoms with Gasteiger partial charge in [-0.25, -0.2) is 9.79 Å². The van der Waals surface area contributed by atoms with E-state index in [4.69, 9.17) is 10.5 Å². The van der Waals surface area contributed by atoms with E-state index >= 15 is 0 Å². The maximum atomic E-state index is 12.3. The molecule has 31 heavy (non-hydrogen) atoms. The molecule has 170 valence electrons. The molecule has 6 heteroatoms. The number of nitrogens with two attached hydrogens (primary N) is 1. The Morgan fingerprint density at radius 3 is 2.68 bits per heavy atom. The van der Waals surface area contributed by atoms with Crippen molar-refractivity contribution < 1.29 is 14.6 Å². The summed E-state index contributed by atoms with van der Waals surface area (Å²) < 4.78 is 5.23. The summed E-state index contributed by atoms with van der Waals surface area (Å²) in [4.78, 5) is 20.3. The molecule has 5 aliphatic rings. The Hall–Kier alpha value is -1.69. The lowest BCUT2D eigenvalue weighted by atomic mass is 9.43. The third-order valence-corrected chi connectivity index (χ3v) is 10.3. The molecule has 0 aromatic rings. The van der Waals surface area contributed by atoms with Gasteiger partial charge >= 0.3 is 5.97 Å². The minimum absolute atomic E-state index is 0.162. The first kappa shape index (κ1) is 21.2. The van der Waals surface area contributed by atoms with Gasteiger partial charge < -0.3 is 15.6 Å². The van der Waals surface area contributed by atoms with Crippen molar-refractivity contribution in [1.29, 1.82) is 0 Å². The molecule has 0 saturated heterocycles. The van der Waals surface area contributed by atoms with E-state index in [1.807, 2.05) is 0 Å². The Morgan fingerprint density at radius 1 is 1.16 bits per heavy atom. The summed E-state index contributed by atoms with van der Waals surface area (Å²) >= 11 is 0. The van der Waals surface area contributed by atoms with Crippen molar-refractivity contribution in [3.05, 3.63) is 11.6 Å². The standard InChI is InChI=1S/C25H37N3O3/c1-23-9-6-17(28-22(26)27-3)13-16(23)4-5-20-19(23)7-10-24(2)18(8-11-25(20,24)30)15-12-21(29)31-14-15/h12,16,18-20,30H,4-11,13-14H2,1-3H3,(H2,26,27)/b28-17+/t16-,18-,19+,20-,23+,24-,25+/m1/s1. The smallest absolute Gasteiger partial charge is 0.331 e. The number of guanidine groups is 1. The molecule has 4 fully saturated rings. The molecule has 0 unspecified atom stereocenters. The molecule has 1 heterocycles. The van der Waals surface area contributed by atoms with Crippen LogP contribution in [0.25, 0.3) is 0 Å². The van der Waals surface area contributed by atoms with Gasteiger partial charge in [0.05, 0.1) is 5.60 Å². The monoisotopic (exact) mass is 427 g/mol. The molecular formula is C25H37N3O3. The number of aliphatic imine (C=N–C) groups is 2. The van der Waals surface area contributed by atoms with Crippen molar-refractivity contribution in [2.24, 2.45) is 50.2 Å². The number of aliphatic hydroxyl groups is 1. The number of fused-ring (bicyclic) bond motifs is 5. The highest BCUT2D eigenvalue weighted by atomic mass is 16.5. The molecule has 0 aromatic carbocycles. The topological polar surface area (TPSA) is 97.3 Å². The zero-order valence-electron chi connectivity index (χ0n) is 19.2. The Bertz CT molecular complexity index is 879. The lowest BCUT2D eigenvalue weighted by Crippen LogP contribution is -2.62. The highest BCUT2D eigenvalue weighted by Gasteiger charge is 2.67. The van der Waals surface area contributed by atoms with Crippen LogP contribution in [-0.2, 0) is 9.53 Å². The molecule has 0 aromatic heterocycles. The molecule has 4 saturated carbocycles. The van der Waals surface area contributed by atoms with E-state index in [1.165, 1.54) is 12.1 Å². The fourth-order valence-electron chi connectivity index (χ4n) is 8.53. The Kier molecular flexibility index (Phi) is 4.89. The number of cyclic esters (lactones) is 1. The zero-order chi connectivity index (χ0) is 22.0. The van der Waals surface area contributed by atoms with E-state index in [2.05, 4.69) is 23.8 Å². The summed E-state index contributed by atoms with van der Waals surface area (Å²) in [6.45, 7) is 5.18. The van der Waals surface area contributed by atoms with Crippen molar-refractivity contribution in [2.45, 2.75) is 77.2 Å². The number of rotatable bonds is 1. The van der Waals surface area contributed by atoms with Crippen LogP contribution < -0.4 is 5.73 Å². The van der Waals surface area contributed by atoms with E-state index in [0.717, 1.165) is 56.9 Å². The number of hydrogen-bond acceptors (Lipinski definition) is 4. The van der Waals surface area contributed by atoms with Gasteiger partial charge in [-0.15, -0.1) is 0 Å². The van der Waals surface area contributed by atoms with Gasteiger partial charge in [-0.2, -0.15) is 0 Å². The summed E-state index contributed by atoms with van der Waals surface area (Å²) in [5.41, 5.74) is 7.62. The predicted octanol–water partition coefficient (Wildman–Crippen LogP) is 3.63. The first-order valence-corrected chi connectivity index (χ1v) is 12.1. The van der Waals surface area contributed by atoms with E-state index in [-0.39, 0.29) is 22.7 Å². The predicted molar refractivity (Wildman–Crippen MR) is 121 cm³/mol. The molecule has 0 amide bonds. The minimum Gasteiger partial charge on any atom is -0.458 e. The second-order valence-corrected chi connectivity index (χ2v) is 11.3. The van der Waals surface area contributed by atoms with Crippen LogP contribution in [0.3, 0.4) is 0 Å². The lowest BCUT2D eigenvalue weighted by Gasteiger charge is -2.63. The molecule has 5 rings (SSSR count). The number of ether oxygens (including phenoxy) is 1. The van der Waals surface area contributed by atoms with Crippen molar-refractivity contribution in [2.75, 3.05) is 13.7 Å². The van der Waals surface area contributed by atoms with E-state index in [1.54, 1.807) is 13.1 Å². The maximum Gasteiger partial charge on any atom is 0.331 e. The van der Waals surface area contributed by atoms with Gasteiger partial charge in [-0.3, -0.25) is 4.99 Å². The average Bonchev–Trinajstić information content (AvgIpc) is 3.28. The summed E-state index contributed by atoms with van der Waals surface area (Å²) in [7, 11) is 1.69. The van der Waals surface area contributed by atoms with Crippen LogP contribution in [0, 0.1) is 34.5 Å². The van der Waals surface area contributed by atoms with Crippen molar-refractivity contribution >= 4 is 17.6 Å². The second-order valence-electron chi connectivity index (χ2n) is 11.3. The van der Waals surface area contributed by atoms with Crippen LogP contribution in [-0.4, -0.2) is 42.0 Å². The molecule has 4 aliphatic carbocycles. The molecule has 3 N–H and O–H groups in total. The first-order chi connectivity index (χ1) is 14.7. The number of esters is 1. The zero-order valence-corrected chi connectivity index (χ0v) is 19.2. The van der Waals surface area contributed by atoms with Crippen LogP contribution in [0.5, 0.6) is 0 Å². The molecule has 1 aliphatic heterocycles. The summed E-state index contributed by atoms with van der Waals surface area (Å²) in [5, 5.41) is 12.3. The SMILES string of the molecule is CN=C(N)/N=C1\CC[C@@]2(C)[C@H](CC[C@@H]3[C@@H]2CC[C@]2(C)[C@@H](C4=CC(=O)OC4)CC[C@]32O)C1. The Labute approximate surface area is 185 Å². The summed E-state index contributed by atoms with van der Waals surface area (Å²) in [5.74, 6) is 1.94. The van der Waals surface area contributed by atoms with Crippen molar-refractivity contribution in [3.8, 4) is 0 Å². The van der Waals surface area contributed by atoms with Crippen LogP contribution in [0.15, 0.2) is 21.6 Å². The van der Waals surface area contributed by atoms with Gasteiger partial charge in [0.15, 0.2) is 0 Å². The van der Waals surface area contributed by atoms with E-state index < -0.39 is 5.60 Å². The number of nitrogens with zero attached hydrogens (tertiary/aromatic N) is 2. The third-order valence-electron chi connectivity index (χ3n) is 10.3. The summed E-state index contributed by atoms with van der Waals surface area (Å²) in [6.07, 6.45) is 11.0. The molecule has 0 spiro atoms.